The molecule has 0 heterocycles. The van der Waals surface area contributed by atoms with Crippen LogP contribution in [0, 0.1) is 34.4 Å². The van der Waals surface area contributed by atoms with Crippen molar-refractivity contribution < 1.29 is 22.5 Å². The molecule has 4 fully saturated rings. The van der Waals surface area contributed by atoms with Crippen LogP contribution in [0.2, 0.25) is 0 Å². The largest absolute Gasteiger partial charge is 0.744 e. The average Bonchev–Trinajstić information content (AvgIpc) is 2.72. The molecule has 9 heteroatoms. The molecular weight excluding hydrogens is 769 g/mol. The van der Waals surface area contributed by atoms with Crippen molar-refractivity contribution in [3.05, 3.63) is 52.2 Å². The molecule has 4 aliphatic rings. The molecule has 0 aliphatic heterocycles. The summed E-state index contributed by atoms with van der Waals surface area (Å²) >= 11 is 6.48. The first-order valence-corrected chi connectivity index (χ1v) is 15.2. The normalized spacial score (nSPS) is 28.7. The van der Waals surface area contributed by atoms with E-state index in [-0.39, 0.29) is 16.4 Å². The van der Waals surface area contributed by atoms with Crippen molar-refractivity contribution in [3.8, 4) is 5.75 Å². The van der Waals surface area contributed by atoms with Crippen LogP contribution in [0.1, 0.15) is 53.9 Å². The zero-order chi connectivity index (χ0) is 22.8. The molecule has 4 bridgehead atoms. The van der Waals surface area contributed by atoms with Gasteiger partial charge in [0.05, 0.1) is 17.6 Å². The quantitative estimate of drug-likeness (QED) is 0.122. The highest BCUT2D eigenvalue weighted by molar-refractivity contribution is 14.1. The molecule has 0 unspecified atom stereocenters. The lowest BCUT2D eigenvalue weighted by Gasteiger charge is -2.55. The van der Waals surface area contributed by atoms with E-state index in [1.165, 1.54) is 18.6 Å². The second-order valence-electron chi connectivity index (χ2n) is 9.23. The number of halogens is 3. The lowest BCUT2D eigenvalue weighted by atomic mass is 9.50. The third kappa shape index (κ3) is 4.37. The van der Waals surface area contributed by atoms with E-state index >= 15 is 0 Å². The molecule has 0 N–H and O–H groups in total. The van der Waals surface area contributed by atoms with Gasteiger partial charge in [-0.15, -0.1) is 0 Å². The SMILES string of the molecule is O=C(Oc1c(I)ccc(I)c1I)c1ccc(S(=O)(=O)[O-])c(C2C3CC4CC(C3)CC2C4)c1. The Morgan fingerprint density at radius 2 is 1.50 bits per heavy atom. The minimum atomic E-state index is -4.64. The van der Waals surface area contributed by atoms with E-state index in [4.69, 9.17) is 4.74 Å². The number of hydrogen-bond donors (Lipinski definition) is 0. The maximum absolute atomic E-state index is 13.1. The van der Waals surface area contributed by atoms with Gasteiger partial charge in [-0.25, -0.2) is 13.2 Å². The van der Waals surface area contributed by atoms with Crippen LogP contribution >= 0.6 is 67.8 Å². The fourth-order valence-corrected chi connectivity index (χ4v) is 9.15. The fraction of sp³-hybridized carbons (Fsp3) is 0.435. The van der Waals surface area contributed by atoms with Crippen molar-refractivity contribution in [2.45, 2.75) is 42.9 Å². The summed E-state index contributed by atoms with van der Waals surface area (Å²) < 4.78 is 44.7. The van der Waals surface area contributed by atoms with Gasteiger partial charge in [0.25, 0.3) is 0 Å². The molecule has 4 aliphatic carbocycles. The van der Waals surface area contributed by atoms with Crippen LogP contribution in [-0.2, 0) is 10.1 Å². The van der Waals surface area contributed by atoms with E-state index in [1.807, 2.05) is 12.1 Å². The summed E-state index contributed by atoms with van der Waals surface area (Å²) in [6.45, 7) is 0. The van der Waals surface area contributed by atoms with E-state index in [0.717, 1.165) is 48.2 Å². The third-order valence-corrected chi connectivity index (χ3v) is 12.1. The third-order valence-electron chi connectivity index (χ3n) is 7.30. The number of benzene rings is 2. The first kappa shape index (κ1) is 23.7. The van der Waals surface area contributed by atoms with Crippen LogP contribution in [0.4, 0.5) is 0 Å². The second-order valence-corrected chi connectivity index (χ2v) is 14.0. The van der Waals surface area contributed by atoms with Gasteiger partial charge in [0.2, 0.25) is 0 Å². The Morgan fingerprint density at radius 1 is 0.906 bits per heavy atom. The summed E-state index contributed by atoms with van der Waals surface area (Å²) in [5, 5.41) is 0. The van der Waals surface area contributed by atoms with Gasteiger partial charge in [0, 0.05) is 3.57 Å². The van der Waals surface area contributed by atoms with E-state index < -0.39 is 16.1 Å². The molecule has 2 aromatic carbocycles. The highest BCUT2D eigenvalue weighted by Gasteiger charge is 2.49. The number of carbonyl (C=O) groups is 1. The summed E-state index contributed by atoms with van der Waals surface area (Å²) in [4.78, 5) is 12.9. The minimum absolute atomic E-state index is 0.0206. The Kier molecular flexibility index (Phi) is 6.60. The zero-order valence-electron chi connectivity index (χ0n) is 16.9. The maximum Gasteiger partial charge on any atom is 0.343 e. The van der Waals surface area contributed by atoms with E-state index in [9.17, 15) is 17.8 Å². The number of rotatable bonds is 4. The molecule has 0 aromatic heterocycles. The predicted molar refractivity (Wildman–Crippen MR) is 144 cm³/mol. The number of esters is 1. The van der Waals surface area contributed by atoms with Crippen LogP contribution in [0.15, 0.2) is 35.2 Å². The molecule has 0 saturated heterocycles. The van der Waals surface area contributed by atoms with E-state index in [0.29, 0.717) is 23.1 Å². The average molecular weight is 789 g/mol. The molecule has 6 rings (SSSR count). The second kappa shape index (κ2) is 8.90. The monoisotopic (exact) mass is 789 g/mol. The van der Waals surface area contributed by atoms with Gasteiger partial charge < -0.3 is 9.29 Å². The van der Waals surface area contributed by atoms with Crippen molar-refractivity contribution in [2.24, 2.45) is 23.7 Å². The molecule has 170 valence electrons. The van der Waals surface area contributed by atoms with Gasteiger partial charge in [-0.1, -0.05) is 0 Å². The van der Waals surface area contributed by atoms with E-state index in [1.54, 1.807) is 6.07 Å². The molecule has 2 aromatic rings. The molecular formula is C23H20I3O5S-. The Balaban J connectivity index is 1.53. The molecule has 0 spiro atoms. The summed E-state index contributed by atoms with van der Waals surface area (Å²) in [6.07, 6.45) is 5.63. The summed E-state index contributed by atoms with van der Waals surface area (Å²) in [5.41, 5.74) is 0.807. The van der Waals surface area contributed by atoms with Crippen LogP contribution in [0.3, 0.4) is 0 Å². The summed E-state index contributed by atoms with van der Waals surface area (Å²) in [6, 6.07) is 8.18. The Bertz CT molecular complexity index is 1180. The van der Waals surface area contributed by atoms with Gasteiger partial charge in [-0.3, -0.25) is 0 Å². The summed E-state index contributed by atoms with van der Waals surface area (Å²) in [7, 11) is -4.64. The van der Waals surface area contributed by atoms with Gasteiger partial charge >= 0.3 is 5.97 Å². The standard InChI is InChI=1S/C23H21I3O5S/c24-17-2-3-18(25)22(21(17)26)31-23(27)13-1-4-19(32(28,29)30)16(10-13)20-14-6-11-5-12(8-14)9-15(20)7-11/h1-4,10-12,14-15,20H,5-9H2,(H,28,29,30)/p-1. The Labute approximate surface area is 228 Å². The predicted octanol–water partition coefficient (Wildman–Crippen LogP) is 6.16. The van der Waals surface area contributed by atoms with Crippen LogP contribution in [-0.4, -0.2) is 18.9 Å². The van der Waals surface area contributed by atoms with Crippen molar-refractivity contribution >= 4 is 83.9 Å². The molecule has 32 heavy (non-hydrogen) atoms. The maximum atomic E-state index is 13.1. The van der Waals surface area contributed by atoms with Crippen molar-refractivity contribution in [3.63, 3.8) is 0 Å². The molecule has 0 radical (unpaired) electrons. The van der Waals surface area contributed by atoms with Crippen LogP contribution in [0.5, 0.6) is 5.75 Å². The minimum Gasteiger partial charge on any atom is -0.744 e. The van der Waals surface area contributed by atoms with Gasteiger partial charge in [-0.05, 0) is 165 Å². The molecule has 5 nitrogen and oxygen atoms in total. The number of carbonyl (C=O) groups excluding carboxylic acids is 1. The van der Waals surface area contributed by atoms with Crippen LogP contribution < -0.4 is 4.74 Å². The topological polar surface area (TPSA) is 83.5 Å². The Morgan fingerprint density at radius 3 is 2.09 bits per heavy atom. The lowest BCUT2D eigenvalue weighted by Crippen LogP contribution is -2.44. The first-order chi connectivity index (χ1) is 15.1. The first-order valence-electron chi connectivity index (χ1n) is 10.6. The zero-order valence-corrected chi connectivity index (χ0v) is 24.2. The smallest absolute Gasteiger partial charge is 0.343 e. The van der Waals surface area contributed by atoms with Crippen molar-refractivity contribution in [1.82, 2.24) is 0 Å². The van der Waals surface area contributed by atoms with Crippen molar-refractivity contribution in [2.75, 3.05) is 0 Å². The van der Waals surface area contributed by atoms with Gasteiger partial charge in [-0.2, -0.15) is 0 Å². The highest BCUT2D eigenvalue weighted by atomic mass is 127. The van der Waals surface area contributed by atoms with E-state index in [2.05, 4.69) is 67.8 Å². The summed E-state index contributed by atoms with van der Waals surface area (Å²) in [5.74, 6) is 2.19. The van der Waals surface area contributed by atoms with Crippen LogP contribution in [0.25, 0.3) is 0 Å². The number of ether oxygens (including phenoxy) is 1. The lowest BCUT2D eigenvalue weighted by molar-refractivity contribution is -0.00373. The van der Waals surface area contributed by atoms with Crippen molar-refractivity contribution in [1.29, 1.82) is 0 Å². The molecule has 4 saturated carbocycles. The Hall–Kier alpha value is 0.01000. The molecule has 0 amide bonds. The fourth-order valence-electron chi connectivity index (χ4n) is 6.35. The number of hydrogen-bond acceptors (Lipinski definition) is 5. The molecule has 0 atom stereocenters. The van der Waals surface area contributed by atoms with Gasteiger partial charge in [0.1, 0.15) is 10.1 Å². The highest BCUT2D eigenvalue weighted by Crippen LogP contribution is 2.60. The van der Waals surface area contributed by atoms with Gasteiger partial charge in [0.15, 0.2) is 5.75 Å².